The monoisotopic (exact) mass is 513 g/mol. The molecule has 3 N–H and O–H groups in total. The molecule has 2 unspecified atom stereocenters. The fraction of sp³-hybridized carbons (Fsp3) is 0.500. The van der Waals surface area contributed by atoms with E-state index in [1.807, 2.05) is 62.5 Å². The van der Waals surface area contributed by atoms with Crippen molar-refractivity contribution < 1.29 is 14.3 Å². The second-order valence-corrected chi connectivity index (χ2v) is 12.4. The van der Waals surface area contributed by atoms with E-state index in [0.717, 1.165) is 33.9 Å². The summed E-state index contributed by atoms with van der Waals surface area (Å²) in [5.41, 5.74) is 1.99. The van der Waals surface area contributed by atoms with Gasteiger partial charge in [-0.1, -0.05) is 48.5 Å². The molecule has 4 aliphatic carbocycles. The number of hydrogen-bond donors (Lipinski definition) is 3. The molecule has 2 amide bonds. The van der Waals surface area contributed by atoms with Crippen LogP contribution >= 0.6 is 0 Å². The number of H-pyrrole nitrogens is 1. The van der Waals surface area contributed by atoms with Crippen LogP contribution in [0, 0.1) is 23.7 Å². The Morgan fingerprint density at radius 3 is 2.34 bits per heavy atom. The SMILES string of the molecule is CC(Cc1ccccc1)NC(=O)C(C)(Cc1c[nH]c2ccccc12)NC(=O)OC1C2CC3CC(C2)CC1C3. The number of rotatable bonds is 8. The lowest BCUT2D eigenvalue weighted by Gasteiger charge is -2.53. The van der Waals surface area contributed by atoms with Crippen LogP contribution in [-0.2, 0) is 22.4 Å². The van der Waals surface area contributed by atoms with Gasteiger partial charge in [0, 0.05) is 29.6 Å². The zero-order valence-electron chi connectivity index (χ0n) is 22.4. The minimum absolute atomic E-state index is 0.0276. The van der Waals surface area contributed by atoms with Gasteiger partial charge in [-0.3, -0.25) is 4.79 Å². The van der Waals surface area contributed by atoms with Gasteiger partial charge < -0.3 is 20.4 Å². The van der Waals surface area contributed by atoms with Crippen LogP contribution in [0.5, 0.6) is 0 Å². The van der Waals surface area contributed by atoms with Gasteiger partial charge >= 0.3 is 6.09 Å². The third-order valence-electron chi connectivity index (χ3n) is 9.24. The number of hydrogen-bond acceptors (Lipinski definition) is 3. The normalized spacial score (nSPS) is 28.0. The molecule has 4 fully saturated rings. The Morgan fingerprint density at radius 1 is 0.974 bits per heavy atom. The van der Waals surface area contributed by atoms with Crippen molar-refractivity contribution in [3.63, 3.8) is 0 Å². The van der Waals surface area contributed by atoms with E-state index < -0.39 is 11.6 Å². The summed E-state index contributed by atoms with van der Waals surface area (Å²) < 4.78 is 6.14. The lowest BCUT2D eigenvalue weighted by molar-refractivity contribution is -0.128. The number of fused-ring (bicyclic) bond motifs is 1. The zero-order chi connectivity index (χ0) is 26.3. The molecule has 0 aliphatic heterocycles. The van der Waals surface area contributed by atoms with Crippen LogP contribution in [0.3, 0.4) is 0 Å². The number of nitrogens with one attached hydrogen (secondary N) is 3. The van der Waals surface area contributed by atoms with Gasteiger partial charge in [0.05, 0.1) is 0 Å². The fourth-order valence-electron chi connectivity index (χ4n) is 7.69. The zero-order valence-corrected chi connectivity index (χ0v) is 22.4. The molecule has 2 aromatic carbocycles. The molecule has 0 spiro atoms. The summed E-state index contributed by atoms with van der Waals surface area (Å²) in [6.07, 6.45) is 8.57. The first-order valence-electron chi connectivity index (χ1n) is 14.2. The molecule has 38 heavy (non-hydrogen) atoms. The maximum absolute atomic E-state index is 13.8. The van der Waals surface area contributed by atoms with E-state index in [-0.39, 0.29) is 18.1 Å². The van der Waals surface area contributed by atoms with Gasteiger partial charge in [0.1, 0.15) is 11.6 Å². The van der Waals surface area contributed by atoms with E-state index >= 15 is 0 Å². The van der Waals surface area contributed by atoms with Crippen molar-refractivity contribution in [1.29, 1.82) is 0 Å². The van der Waals surface area contributed by atoms with Crippen molar-refractivity contribution in [2.24, 2.45) is 23.7 Å². The Hall–Kier alpha value is -3.28. The van der Waals surface area contributed by atoms with Crippen molar-refractivity contribution in [1.82, 2.24) is 15.6 Å². The van der Waals surface area contributed by atoms with Gasteiger partial charge in [-0.05, 0) is 93.2 Å². The molecule has 1 aromatic heterocycles. The second-order valence-electron chi connectivity index (χ2n) is 12.4. The van der Waals surface area contributed by atoms with E-state index in [1.165, 1.54) is 32.1 Å². The smallest absolute Gasteiger partial charge is 0.408 e. The van der Waals surface area contributed by atoms with Crippen LogP contribution in [0.1, 0.15) is 57.1 Å². The van der Waals surface area contributed by atoms with Crippen molar-refractivity contribution in [2.75, 3.05) is 0 Å². The predicted molar refractivity (Wildman–Crippen MR) is 149 cm³/mol. The van der Waals surface area contributed by atoms with Crippen LogP contribution < -0.4 is 10.6 Å². The van der Waals surface area contributed by atoms with Gasteiger partial charge in [-0.15, -0.1) is 0 Å². The fourth-order valence-corrected chi connectivity index (χ4v) is 7.69. The summed E-state index contributed by atoms with van der Waals surface area (Å²) in [4.78, 5) is 30.5. The largest absolute Gasteiger partial charge is 0.446 e. The molecule has 7 rings (SSSR count). The van der Waals surface area contributed by atoms with Gasteiger partial charge in [0.2, 0.25) is 5.91 Å². The average molecular weight is 514 g/mol. The van der Waals surface area contributed by atoms with E-state index in [0.29, 0.717) is 24.7 Å². The summed E-state index contributed by atoms with van der Waals surface area (Å²) in [6, 6.07) is 18.1. The molecule has 1 heterocycles. The van der Waals surface area contributed by atoms with Crippen LogP contribution in [-0.4, -0.2) is 34.7 Å². The first-order valence-corrected chi connectivity index (χ1v) is 14.2. The molecule has 4 saturated carbocycles. The molecule has 6 nitrogen and oxygen atoms in total. The molecular weight excluding hydrogens is 474 g/mol. The van der Waals surface area contributed by atoms with Gasteiger partial charge in [0.25, 0.3) is 0 Å². The number of aromatic amines is 1. The number of carbonyl (C=O) groups is 2. The number of para-hydroxylation sites is 1. The first-order chi connectivity index (χ1) is 18.4. The van der Waals surface area contributed by atoms with Crippen LogP contribution in [0.25, 0.3) is 10.9 Å². The van der Waals surface area contributed by atoms with E-state index in [1.54, 1.807) is 0 Å². The molecule has 4 aliphatic rings. The summed E-state index contributed by atoms with van der Waals surface area (Å²) in [7, 11) is 0. The number of amides is 2. The van der Waals surface area contributed by atoms with Crippen LogP contribution in [0.15, 0.2) is 60.8 Å². The third-order valence-corrected chi connectivity index (χ3v) is 9.24. The van der Waals surface area contributed by atoms with Crippen LogP contribution in [0.4, 0.5) is 4.79 Å². The number of alkyl carbamates (subject to hydrolysis) is 1. The summed E-state index contributed by atoms with van der Waals surface area (Å²) in [5.74, 6) is 2.36. The number of carbonyl (C=O) groups excluding carboxylic acids is 2. The number of benzene rings is 2. The predicted octanol–water partition coefficient (Wildman–Crippen LogP) is 5.77. The Bertz CT molecular complexity index is 1270. The van der Waals surface area contributed by atoms with E-state index in [9.17, 15) is 9.59 Å². The van der Waals surface area contributed by atoms with Gasteiger partial charge in [0.15, 0.2) is 0 Å². The molecule has 6 heteroatoms. The average Bonchev–Trinajstić information content (AvgIpc) is 3.28. The second kappa shape index (κ2) is 10.1. The van der Waals surface area contributed by atoms with Crippen molar-refractivity contribution in [3.05, 3.63) is 71.9 Å². The minimum atomic E-state index is -1.17. The summed E-state index contributed by atoms with van der Waals surface area (Å²) in [5, 5.41) is 7.26. The quantitative estimate of drug-likeness (QED) is 0.358. The Kier molecular flexibility index (Phi) is 6.67. The molecule has 3 aromatic rings. The van der Waals surface area contributed by atoms with Gasteiger partial charge in [-0.25, -0.2) is 4.79 Å². The Labute approximate surface area is 224 Å². The maximum atomic E-state index is 13.8. The van der Waals surface area contributed by atoms with Gasteiger partial charge in [-0.2, -0.15) is 0 Å². The highest BCUT2D eigenvalue weighted by molar-refractivity contribution is 5.91. The topological polar surface area (TPSA) is 83.2 Å². The molecule has 4 bridgehead atoms. The maximum Gasteiger partial charge on any atom is 0.408 e. The Morgan fingerprint density at radius 2 is 1.63 bits per heavy atom. The Balaban J connectivity index is 1.19. The number of aromatic nitrogens is 1. The van der Waals surface area contributed by atoms with E-state index in [4.69, 9.17) is 4.74 Å². The van der Waals surface area contributed by atoms with Crippen molar-refractivity contribution in [2.45, 2.75) is 76.5 Å². The highest BCUT2D eigenvalue weighted by Gasteiger charge is 2.50. The molecule has 0 saturated heterocycles. The van der Waals surface area contributed by atoms with Crippen LogP contribution in [0.2, 0.25) is 0 Å². The van der Waals surface area contributed by atoms with E-state index in [2.05, 4.69) is 27.8 Å². The molecule has 2 atom stereocenters. The third kappa shape index (κ3) is 5.05. The molecular formula is C32H39N3O3. The molecule has 200 valence electrons. The van der Waals surface area contributed by atoms with Crippen molar-refractivity contribution >= 4 is 22.9 Å². The standard InChI is InChI=1S/C32H39N3O3/c1-20(12-21-8-4-3-5-9-21)34-30(36)32(2,18-26-19-33-28-11-7-6-10-27(26)28)35-31(37)38-29-24-14-22-13-23(16-24)17-25(29)15-22/h3-11,19-20,22-25,29,33H,12-18H2,1-2H3,(H,34,36)(H,35,37). The minimum Gasteiger partial charge on any atom is -0.446 e. The van der Waals surface area contributed by atoms with Crippen molar-refractivity contribution in [3.8, 4) is 0 Å². The number of ether oxygens (including phenoxy) is 1. The lowest BCUT2D eigenvalue weighted by atomic mass is 9.55. The highest BCUT2D eigenvalue weighted by atomic mass is 16.6. The lowest BCUT2D eigenvalue weighted by Crippen LogP contribution is -2.61. The molecule has 0 radical (unpaired) electrons. The first kappa shape index (κ1) is 25.0. The summed E-state index contributed by atoms with van der Waals surface area (Å²) >= 11 is 0. The summed E-state index contributed by atoms with van der Waals surface area (Å²) in [6.45, 7) is 3.82. The highest BCUT2D eigenvalue weighted by Crippen LogP contribution is 2.54.